The van der Waals surface area contributed by atoms with Crippen LogP contribution in [0.1, 0.15) is 17.3 Å². The molecule has 7 heteroatoms. The maximum atomic E-state index is 11.4. The maximum absolute atomic E-state index is 11.4. The highest BCUT2D eigenvalue weighted by atomic mass is 16.2. The Morgan fingerprint density at radius 3 is 2.29 bits per heavy atom. The zero-order valence-electron chi connectivity index (χ0n) is 9.06. The van der Waals surface area contributed by atoms with Crippen LogP contribution in [0.4, 0.5) is 5.82 Å². The molecule has 3 amide bonds. The van der Waals surface area contributed by atoms with Gasteiger partial charge in [0.25, 0.3) is 0 Å². The van der Waals surface area contributed by atoms with Crippen molar-refractivity contribution in [1.29, 1.82) is 0 Å². The second-order valence-corrected chi connectivity index (χ2v) is 3.24. The quantitative estimate of drug-likeness (QED) is 0.590. The highest BCUT2D eigenvalue weighted by molar-refractivity contribution is 6.17. The van der Waals surface area contributed by atoms with Crippen molar-refractivity contribution >= 4 is 23.5 Å². The van der Waals surface area contributed by atoms with Gasteiger partial charge in [-0.05, 0) is 19.1 Å². The van der Waals surface area contributed by atoms with E-state index in [9.17, 15) is 14.4 Å². The Labute approximate surface area is 97.2 Å². The summed E-state index contributed by atoms with van der Waals surface area (Å²) in [4.78, 5) is 36.7. The standard InChI is InChI=1S/C10H11N4O3/c1-5(8(11)15)10(17)14-7-3-2-6(4-13-7)9(12)16/h2-4H,1H3,(H2,11,15)(H2,12,16)(H,13,14,17). The zero-order valence-corrected chi connectivity index (χ0v) is 9.06. The lowest BCUT2D eigenvalue weighted by Gasteiger charge is -2.07. The molecule has 1 rings (SSSR count). The third-order valence-electron chi connectivity index (χ3n) is 2.00. The Bertz CT molecular complexity index is 455. The number of nitrogens with one attached hydrogen (secondary N) is 1. The minimum atomic E-state index is -0.809. The van der Waals surface area contributed by atoms with Crippen LogP contribution >= 0.6 is 0 Å². The third-order valence-corrected chi connectivity index (χ3v) is 2.00. The summed E-state index contributed by atoms with van der Waals surface area (Å²) in [5.41, 5.74) is 10.2. The van der Waals surface area contributed by atoms with Crippen LogP contribution in [0.3, 0.4) is 0 Å². The lowest BCUT2D eigenvalue weighted by atomic mass is 10.1. The minimum Gasteiger partial charge on any atom is -0.369 e. The van der Waals surface area contributed by atoms with Crippen molar-refractivity contribution in [2.45, 2.75) is 6.92 Å². The van der Waals surface area contributed by atoms with Gasteiger partial charge in [0.1, 0.15) is 11.7 Å². The molecule has 1 heterocycles. The van der Waals surface area contributed by atoms with Gasteiger partial charge in [-0.2, -0.15) is 0 Å². The Hall–Kier alpha value is -2.44. The Morgan fingerprint density at radius 1 is 1.24 bits per heavy atom. The van der Waals surface area contributed by atoms with Crippen molar-refractivity contribution in [3.8, 4) is 0 Å². The van der Waals surface area contributed by atoms with Gasteiger partial charge in [0.2, 0.25) is 17.7 Å². The molecule has 0 spiro atoms. The summed E-state index contributed by atoms with van der Waals surface area (Å²) in [6.07, 6.45) is 1.22. The molecule has 0 saturated heterocycles. The number of anilines is 1. The first-order valence-corrected chi connectivity index (χ1v) is 4.62. The van der Waals surface area contributed by atoms with Gasteiger partial charge in [-0.3, -0.25) is 14.4 Å². The number of nitrogens with two attached hydrogens (primary N) is 2. The number of carbonyl (C=O) groups excluding carboxylic acids is 3. The number of carbonyl (C=O) groups is 3. The SMILES string of the molecule is C[C](C(N)=O)C(=O)Nc1ccc(C(N)=O)cn1. The normalized spacial score (nSPS) is 10.0. The highest BCUT2D eigenvalue weighted by Gasteiger charge is 2.20. The van der Waals surface area contributed by atoms with Crippen LogP contribution in [-0.4, -0.2) is 22.7 Å². The van der Waals surface area contributed by atoms with E-state index in [1.165, 1.54) is 25.3 Å². The second kappa shape index (κ2) is 5.06. The van der Waals surface area contributed by atoms with Crippen LogP contribution in [0.25, 0.3) is 0 Å². The number of nitrogens with zero attached hydrogens (tertiary/aromatic N) is 1. The van der Waals surface area contributed by atoms with Gasteiger partial charge in [0, 0.05) is 6.20 Å². The Morgan fingerprint density at radius 2 is 1.88 bits per heavy atom. The largest absolute Gasteiger partial charge is 0.369 e. The smallest absolute Gasteiger partial charge is 0.250 e. The summed E-state index contributed by atoms with van der Waals surface area (Å²) >= 11 is 0. The fourth-order valence-electron chi connectivity index (χ4n) is 0.936. The molecule has 0 aliphatic heterocycles. The van der Waals surface area contributed by atoms with Gasteiger partial charge in [-0.25, -0.2) is 4.98 Å². The summed E-state index contributed by atoms with van der Waals surface area (Å²) in [6, 6.07) is 2.80. The van der Waals surface area contributed by atoms with E-state index < -0.39 is 17.7 Å². The molecule has 1 aromatic rings. The lowest BCUT2D eigenvalue weighted by molar-refractivity contribution is -0.122. The van der Waals surface area contributed by atoms with Gasteiger partial charge >= 0.3 is 0 Å². The zero-order chi connectivity index (χ0) is 13.0. The van der Waals surface area contributed by atoms with Gasteiger partial charge in [-0.15, -0.1) is 0 Å². The van der Waals surface area contributed by atoms with E-state index in [1.54, 1.807) is 0 Å². The van der Waals surface area contributed by atoms with Crippen molar-refractivity contribution in [3.63, 3.8) is 0 Å². The van der Waals surface area contributed by atoms with Crippen LogP contribution < -0.4 is 16.8 Å². The fraction of sp³-hybridized carbons (Fsp3) is 0.100. The van der Waals surface area contributed by atoms with Gasteiger partial charge in [0.15, 0.2) is 0 Å². The molecular formula is C10H11N4O3. The molecule has 0 fully saturated rings. The van der Waals surface area contributed by atoms with Crippen molar-refractivity contribution in [3.05, 3.63) is 29.8 Å². The Balaban J connectivity index is 2.73. The van der Waals surface area contributed by atoms with Crippen LogP contribution in [-0.2, 0) is 9.59 Å². The molecule has 1 radical (unpaired) electrons. The fourth-order valence-corrected chi connectivity index (χ4v) is 0.936. The summed E-state index contributed by atoms with van der Waals surface area (Å²) in [7, 11) is 0. The van der Waals surface area contributed by atoms with E-state index in [0.29, 0.717) is 0 Å². The Kier molecular flexibility index (Phi) is 3.76. The molecular weight excluding hydrogens is 224 g/mol. The number of primary amides is 2. The van der Waals surface area contributed by atoms with E-state index in [-0.39, 0.29) is 17.3 Å². The number of amides is 3. The molecule has 0 atom stereocenters. The first kappa shape index (κ1) is 12.6. The van der Waals surface area contributed by atoms with Crippen molar-refractivity contribution in [2.75, 3.05) is 5.32 Å². The first-order valence-electron chi connectivity index (χ1n) is 4.62. The molecule has 0 unspecified atom stereocenters. The number of hydrogen-bond acceptors (Lipinski definition) is 4. The molecule has 17 heavy (non-hydrogen) atoms. The molecule has 7 nitrogen and oxygen atoms in total. The summed E-state index contributed by atoms with van der Waals surface area (Å²) in [5, 5.41) is 2.35. The predicted molar refractivity (Wildman–Crippen MR) is 59.5 cm³/mol. The predicted octanol–water partition coefficient (Wildman–Crippen LogP) is -0.801. The van der Waals surface area contributed by atoms with E-state index in [2.05, 4.69) is 10.3 Å². The number of pyridine rings is 1. The molecule has 0 aromatic carbocycles. The summed E-state index contributed by atoms with van der Waals surface area (Å²) < 4.78 is 0. The molecule has 1 aromatic heterocycles. The van der Waals surface area contributed by atoms with Gasteiger partial charge < -0.3 is 16.8 Å². The average Bonchev–Trinajstić information content (AvgIpc) is 2.28. The number of aromatic nitrogens is 1. The monoisotopic (exact) mass is 235 g/mol. The van der Waals surface area contributed by atoms with E-state index in [1.807, 2.05) is 0 Å². The third kappa shape index (κ3) is 3.26. The van der Waals surface area contributed by atoms with Crippen molar-refractivity contribution in [1.82, 2.24) is 4.98 Å². The maximum Gasteiger partial charge on any atom is 0.250 e. The topological polar surface area (TPSA) is 128 Å². The van der Waals surface area contributed by atoms with E-state index in [0.717, 1.165) is 0 Å². The van der Waals surface area contributed by atoms with Crippen molar-refractivity contribution in [2.24, 2.45) is 11.5 Å². The van der Waals surface area contributed by atoms with Crippen LogP contribution in [0, 0.1) is 5.92 Å². The molecule has 0 saturated carbocycles. The number of hydrogen-bond donors (Lipinski definition) is 3. The van der Waals surface area contributed by atoms with E-state index >= 15 is 0 Å². The minimum absolute atomic E-state index is 0.134. The summed E-state index contributed by atoms with van der Waals surface area (Å²) in [6.45, 7) is 1.30. The average molecular weight is 235 g/mol. The molecule has 0 aliphatic rings. The van der Waals surface area contributed by atoms with Crippen LogP contribution in [0.15, 0.2) is 18.3 Å². The second-order valence-electron chi connectivity index (χ2n) is 3.24. The molecule has 0 aliphatic carbocycles. The first-order chi connectivity index (χ1) is 7.91. The molecule has 5 N–H and O–H groups in total. The van der Waals surface area contributed by atoms with Crippen LogP contribution in [0.2, 0.25) is 0 Å². The van der Waals surface area contributed by atoms with Gasteiger partial charge in [0.05, 0.1) is 5.56 Å². The molecule has 89 valence electrons. The van der Waals surface area contributed by atoms with Crippen LogP contribution in [0.5, 0.6) is 0 Å². The number of rotatable bonds is 4. The van der Waals surface area contributed by atoms with Gasteiger partial charge in [-0.1, -0.05) is 0 Å². The van der Waals surface area contributed by atoms with Crippen molar-refractivity contribution < 1.29 is 14.4 Å². The summed E-state index contributed by atoms with van der Waals surface area (Å²) in [5.74, 6) is -2.00. The highest BCUT2D eigenvalue weighted by Crippen LogP contribution is 2.07. The van der Waals surface area contributed by atoms with E-state index in [4.69, 9.17) is 11.5 Å². The molecule has 0 bridgehead atoms. The lowest BCUT2D eigenvalue weighted by Crippen LogP contribution is -2.30.